The molecule has 0 spiro atoms. The van der Waals surface area contributed by atoms with Crippen molar-refractivity contribution < 1.29 is 4.74 Å². The zero-order chi connectivity index (χ0) is 18.6. The Morgan fingerprint density at radius 1 is 1.07 bits per heavy atom. The molecule has 1 aromatic carbocycles. The average Bonchev–Trinajstić information content (AvgIpc) is 2.74. The van der Waals surface area contributed by atoms with E-state index in [1.54, 1.807) is 30.5 Å². The molecule has 27 heavy (non-hydrogen) atoms. The summed E-state index contributed by atoms with van der Waals surface area (Å²) >= 11 is 0. The second-order valence-electron chi connectivity index (χ2n) is 6.48. The molecule has 0 bridgehead atoms. The van der Waals surface area contributed by atoms with Gasteiger partial charge in [-0.25, -0.2) is 15.0 Å². The summed E-state index contributed by atoms with van der Waals surface area (Å²) in [5, 5.41) is 0.636. The van der Waals surface area contributed by atoms with Crippen LogP contribution in [-0.4, -0.2) is 59.4 Å². The molecule has 1 saturated heterocycles. The van der Waals surface area contributed by atoms with Gasteiger partial charge in [-0.05, 0) is 24.3 Å². The quantitative estimate of drug-likeness (QED) is 0.671. The van der Waals surface area contributed by atoms with Gasteiger partial charge in [-0.15, -0.1) is 0 Å². The summed E-state index contributed by atoms with van der Waals surface area (Å²) in [5.74, 6) is 0.960. The van der Waals surface area contributed by atoms with Crippen LogP contribution in [0, 0.1) is 0 Å². The van der Waals surface area contributed by atoms with Crippen molar-refractivity contribution in [1.29, 1.82) is 0 Å². The zero-order valence-corrected chi connectivity index (χ0v) is 15.3. The summed E-state index contributed by atoms with van der Waals surface area (Å²) in [6.45, 7) is 4.55. The van der Waals surface area contributed by atoms with Crippen LogP contribution >= 0.6 is 0 Å². The SMILES string of the molecule is COCCn1cnc2cc(N3CCN(c4ccncn4)CC3)ccc2c1=O. The highest BCUT2D eigenvalue weighted by molar-refractivity contribution is 5.81. The van der Waals surface area contributed by atoms with Gasteiger partial charge in [-0.2, -0.15) is 0 Å². The fraction of sp³-hybridized carbons (Fsp3) is 0.368. The number of benzene rings is 1. The van der Waals surface area contributed by atoms with Crippen molar-refractivity contribution in [3.63, 3.8) is 0 Å². The molecule has 0 aliphatic carbocycles. The number of piperazine rings is 1. The van der Waals surface area contributed by atoms with Crippen molar-refractivity contribution in [2.45, 2.75) is 6.54 Å². The van der Waals surface area contributed by atoms with Crippen LogP contribution in [0.4, 0.5) is 11.5 Å². The maximum Gasteiger partial charge on any atom is 0.261 e. The molecule has 4 rings (SSSR count). The van der Waals surface area contributed by atoms with E-state index in [-0.39, 0.29) is 5.56 Å². The number of fused-ring (bicyclic) bond motifs is 1. The fourth-order valence-electron chi connectivity index (χ4n) is 3.36. The minimum Gasteiger partial charge on any atom is -0.383 e. The van der Waals surface area contributed by atoms with Crippen molar-refractivity contribution in [2.24, 2.45) is 0 Å². The van der Waals surface area contributed by atoms with Crippen LogP contribution in [0.15, 0.2) is 47.9 Å². The highest BCUT2D eigenvalue weighted by Gasteiger charge is 2.19. The van der Waals surface area contributed by atoms with E-state index in [2.05, 4.69) is 24.8 Å². The van der Waals surface area contributed by atoms with E-state index in [1.165, 1.54) is 0 Å². The third-order valence-electron chi connectivity index (χ3n) is 4.88. The Labute approximate surface area is 157 Å². The predicted octanol–water partition coefficient (Wildman–Crippen LogP) is 1.16. The normalized spacial score (nSPS) is 14.7. The number of rotatable bonds is 5. The largest absolute Gasteiger partial charge is 0.383 e. The molecule has 0 radical (unpaired) electrons. The van der Waals surface area contributed by atoms with E-state index in [0.29, 0.717) is 18.5 Å². The van der Waals surface area contributed by atoms with E-state index < -0.39 is 0 Å². The van der Waals surface area contributed by atoms with E-state index in [9.17, 15) is 4.79 Å². The van der Waals surface area contributed by atoms with Crippen LogP contribution in [0.5, 0.6) is 0 Å². The van der Waals surface area contributed by atoms with E-state index >= 15 is 0 Å². The molecule has 0 amide bonds. The number of hydrogen-bond acceptors (Lipinski definition) is 7. The van der Waals surface area contributed by atoms with E-state index in [1.807, 2.05) is 24.3 Å². The zero-order valence-electron chi connectivity index (χ0n) is 15.3. The van der Waals surface area contributed by atoms with Gasteiger partial charge in [-0.3, -0.25) is 9.36 Å². The minimum absolute atomic E-state index is 0.0304. The first-order valence-electron chi connectivity index (χ1n) is 9.00. The van der Waals surface area contributed by atoms with Gasteiger partial charge in [0.1, 0.15) is 12.1 Å². The molecule has 1 aliphatic heterocycles. The number of ether oxygens (including phenoxy) is 1. The number of hydrogen-bond donors (Lipinski definition) is 0. The Balaban J connectivity index is 1.51. The summed E-state index contributed by atoms with van der Waals surface area (Å²) in [6.07, 6.45) is 4.94. The Morgan fingerprint density at radius 2 is 1.89 bits per heavy atom. The molecule has 2 aromatic heterocycles. The first kappa shape index (κ1) is 17.4. The molecule has 3 aromatic rings. The molecule has 1 aliphatic rings. The summed E-state index contributed by atoms with van der Waals surface area (Å²) in [7, 11) is 1.62. The Morgan fingerprint density at radius 3 is 2.63 bits per heavy atom. The molecule has 8 heteroatoms. The number of nitrogens with zero attached hydrogens (tertiary/aromatic N) is 6. The van der Waals surface area contributed by atoms with Crippen LogP contribution in [0.1, 0.15) is 0 Å². The van der Waals surface area contributed by atoms with E-state index in [0.717, 1.165) is 43.2 Å². The van der Waals surface area contributed by atoms with Crippen molar-refractivity contribution in [3.8, 4) is 0 Å². The lowest BCUT2D eigenvalue weighted by Crippen LogP contribution is -2.46. The molecule has 0 unspecified atom stereocenters. The van der Waals surface area contributed by atoms with Crippen molar-refractivity contribution in [1.82, 2.24) is 19.5 Å². The summed E-state index contributed by atoms with van der Waals surface area (Å²) in [5.41, 5.74) is 1.79. The second-order valence-corrected chi connectivity index (χ2v) is 6.48. The fourth-order valence-corrected chi connectivity index (χ4v) is 3.36. The van der Waals surface area contributed by atoms with Gasteiger partial charge in [-0.1, -0.05) is 0 Å². The third-order valence-corrected chi connectivity index (χ3v) is 4.88. The lowest BCUT2D eigenvalue weighted by Gasteiger charge is -2.36. The topological polar surface area (TPSA) is 76.4 Å². The first-order chi connectivity index (χ1) is 13.3. The second kappa shape index (κ2) is 7.71. The monoisotopic (exact) mass is 366 g/mol. The van der Waals surface area contributed by atoms with Crippen molar-refractivity contribution >= 4 is 22.4 Å². The molecule has 0 N–H and O–H groups in total. The van der Waals surface area contributed by atoms with Crippen molar-refractivity contribution in [3.05, 3.63) is 53.5 Å². The summed E-state index contributed by atoms with van der Waals surface area (Å²) < 4.78 is 6.64. The lowest BCUT2D eigenvalue weighted by atomic mass is 10.2. The van der Waals surface area contributed by atoms with Crippen LogP contribution in [0.3, 0.4) is 0 Å². The summed E-state index contributed by atoms with van der Waals surface area (Å²) in [6, 6.07) is 7.81. The Bertz CT molecular complexity index is 967. The van der Waals surface area contributed by atoms with Gasteiger partial charge >= 0.3 is 0 Å². The number of aromatic nitrogens is 4. The highest BCUT2D eigenvalue weighted by atomic mass is 16.5. The Kier molecular flexibility index (Phi) is 4.97. The van der Waals surface area contributed by atoms with Gasteiger partial charge in [0.25, 0.3) is 5.56 Å². The molecule has 1 fully saturated rings. The smallest absolute Gasteiger partial charge is 0.261 e. The number of anilines is 2. The van der Waals surface area contributed by atoms with Crippen LogP contribution in [0.2, 0.25) is 0 Å². The molecular weight excluding hydrogens is 344 g/mol. The average molecular weight is 366 g/mol. The number of methoxy groups -OCH3 is 1. The maximum atomic E-state index is 12.6. The molecule has 0 saturated carbocycles. The van der Waals surface area contributed by atoms with Gasteiger partial charge in [0.05, 0.1) is 30.4 Å². The van der Waals surface area contributed by atoms with Gasteiger partial charge in [0.2, 0.25) is 0 Å². The van der Waals surface area contributed by atoms with Crippen LogP contribution in [0.25, 0.3) is 10.9 Å². The van der Waals surface area contributed by atoms with Gasteiger partial charge < -0.3 is 14.5 Å². The van der Waals surface area contributed by atoms with E-state index in [4.69, 9.17) is 4.74 Å². The van der Waals surface area contributed by atoms with Gasteiger partial charge in [0.15, 0.2) is 0 Å². The minimum atomic E-state index is -0.0304. The molecule has 8 nitrogen and oxygen atoms in total. The Hall–Kier alpha value is -3.00. The summed E-state index contributed by atoms with van der Waals surface area (Å²) in [4.78, 5) is 29.9. The van der Waals surface area contributed by atoms with Gasteiger partial charge in [0, 0.05) is 45.2 Å². The van der Waals surface area contributed by atoms with Crippen LogP contribution in [-0.2, 0) is 11.3 Å². The molecule has 0 atom stereocenters. The maximum absolute atomic E-state index is 12.6. The van der Waals surface area contributed by atoms with Crippen LogP contribution < -0.4 is 15.4 Å². The lowest BCUT2D eigenvalue weighted by molar-refractivity contribution is 0.186. The third kappa shape index (κ3) is 3.61. The first-order valence-corrected chi connectivity index (χ1v) is 9.00. The molecule has 3 heterocycles. The standard InChI is InChI=1S/C19H22N6O2/c1-27-11-10-25-14-22-17-12-15(2-3-16(17)19(25)26)23-6-8-24(9-7-23)18-4-5-20-13-21-18/h2-5,12-14H,6-11H2,1H3. The van der Waals surface area contributed by atoms with Crippen molar-refractivity contribution in [2.75, 3.05) is 49.7 Å². The molecule has 140 valence electrons. The predicted molar refractivity (Wildman–Crippen MR) is 104 cm³/mol. The highest BCUT2D eigenvalue weighted by Crippen LogP contribution is 2.21. The molecular formula is C19H22N6O2.